The highest BCUT2D eigenvalue weighted by Gasteiger charge is 2.19. The number of thioether (sulfide) groups is 1. The van der Waals surface area contributed by atoms with E-state index in [0.29, 0.717) is 21.6 Å². The third-order valence-electron chi connectivity index (χ3n) is 3.79. The van der Waals surface area contributed by atoms with Gasteiger partial charge in [0.25, 0.3) is 0 Å². The molecule has 0 aliphatic heterocycles. The van der Waals surface area contributed by atoms with Gasteiger partial charge >= 0.3 is 0 Å². The molecule has 140 valence electrons. The van der Waals surface area contributed by atoms with Crippen molar-refractivity contribution in [1.82, 2.24) is 20.2 Å². The lowest BCUT2D eigenvalue weighted by Crippen LogP contribution is -2.23. The van der Waals surface area contributed by atoms with Crippen molar-refractivity contribution >= 4 is 35.0 Å². The number of methoxy groups -OCH3 is 1. The number of hydrogen-bond acceptors (Lipinski definition) is 6. The number of tetrazole rings is 1. The van der Waals surface area contributed by atoms with Crippen molar-refractivity contribution in [3.05, 3.63) is 53.1 Å². The number of hydrogen-bond donors (Lipinski definition) is 1. The summed E-state index contributed by atoms with van der Waals surface area (Å²) in [4.78, 5) is 12.5. The van der Waals surface area contributed by atoms with E-state index in [2.05, 4.69) is 20.8 Å². The van der Waals surface area contributed by atoms with E-state index < -0.39 is 5.25 Å². The summed E-state index contributed by atoms with van der Waals surface area (Å²) in [6.45, 7) is 3.80. The summed E-state index contributed by atoms with van der Waals surface area (Å²) in [5, 5.41) is 15.2. The molecule has 9 heteroatoms. The maximum Gasteiger partial charge on any atom is 0.237 e. The van der Waals surface area contributed by atoms with Crippen molar-refractivity contribution in [2.75, 3.05) is 12.4 Å². The van der Waals surface area contributed by atoms with E-state index in [1.165, 1.54) is 18.9 Å². The van der Waals surface area contributed by atoms with Crippen LogP contribution in [0.3, 0.4) is 0 Å². The van der Waals surface area contributed by atoms with Crippen molar-refractivity contribution in [3.63, 3.8) is 0 Å². The van der Waals surface area contributed by atoms with Crippen molar-refractivity contribution in [2.45, 2.75) is 24.3 Å². The first-order valence-electron chi connectivity index (χ1n) is 8.14. The van der Waals surface area contributed by atoms with Crippen LogP contribution in [0, 0.1) is 6.92 Å². The van der Waals surface area contributed by atoms with Gasteiger partial charge in [-0.1, -0.05) is 41.1 Å². The van der Waals surface area contributed by atoms with Crippen LogP contribution >= 0.6 is 23.4 Å². The molecule has 27 heavy (non-hydrogen) atoms. The Morgan fingerprint density at radius 2 is 2.00 bits per heavy atom. The molecular formula is C18H18ClN5O2S. The maximum absolute atomic E-state index is 12.5. The number of halogens is 1. The number of anilines is 1. The highest BCUT2D eigenvalue weighted by molar-refractivity contribution is 8.00. The molecule has 0 fully saturated rings. The molecule has 1 N–H and O–H groups in total. The van der Waals surface area contributed by atoms with Gasteiger partial charge in [0.1, 0.15) is 5.75 Å². The molecule has 0 unspecified atom stereocenters. The van der Waals surface area contributed by atoms with Crippen LogP contribution in [-0.4, -0.2) is 38.5 Å². The van der Waals surface area contributed by atoms with E-state index >= 15 is 0 Å². The lowest BCUT2D eigenvalue weighted by atomic mass is 10.2. The number of nitrogens with zero attached hydrogens (tertiary/aromatic N) is 4. The zero-order valence-corrected chi connectivity index (χ0v) is 16.6. The predicted octanol–water partition coefficient (Wildman–Crippen LogP) is 3.75. The van der Waals surface area contributed by atoms with Crippen LogP contribution in [0.25, 0.3) is 5.69 Å². The van der Waals surface area contributed by atoms with Crippen LogP contribution in [0.5, 0.6) is 5.75 Å². The van der Waals surface area contributed by atoms with E-state index in [1.807, 2.05) is 31.2 Å². The number of carbonyl (C=O) groups is 1. The molecule has 0 radical (unpaired) electrons. The summed E-state index contributed by atoms with van der Waals surface area (Å²) in [7, 11) is 1.54. The maximum atomic E-state index is 12.5. The summed E-state index contributed by atoms with van der Waals surface area (Å²) in [5.41, 5.74) is 2.57. The first-order valence-corrected chi connectivity index (χ1v) is 9.40. The highest BCUT2D eigenvalue weighted by atomic mass is 35.5. The molecule has 1 amide bonds. The highest BCUT2D eigenvalue weighted by Crippen LogP contribution is 2.28. The molecular weight excluding hydrogens is 386 g/mol. The van der Waals surface area contributed by atoms with Crippen LogP contribution in [0.1, 0.15) is 12.5 Å². The van der Waals surface area contributed by atoms with Crippen molar-refractivity contribution < 1.29 is 9.53 Å². The summed E-state index contributed by atoms with van der Waals surface area (Å²) < 4.78 is 6.72. The molecule has 2 aromatic carbocycles. The minimum absolute atomic E-state index is 0.181. The van der Waals surface area contributed by atoms with E-state index in [-0.39, 0.29) is 5.91 Å². The van der Waals surface area contributed by atoms with Gasteiger partial charge in [0.05, 0.1) is 23.1 Å². The standard InChI is InChI=1S/C18H18ClN5O2S/c1-11-4-7-14(8-5-11)24-18(21-22-23-24)27-12(2)17(25)20-13-6-9-16(26-3)15(19)10-13/h4-10,12H,1-3H3,(H,20,25)/t12-/m0/s1. The second-order valence-electron chi connectivity index (χ2n) is 5.81. The number of aryl methyl sites for hydroxylation is 1. The summed E-state index contributed by atoms with van der Waals surface area (Å²) in [5.74, 6) is 0.369. The Hall–Kier alpha value is -2.58. The largest absolute Gasteiger partial charge is 0.495 e. The van der Waals surface area contributed by atoms with Gasteiger partial charge in [0, 0.05) is 5.69 Å². The number of benzene rings is 2. The summed E-state index contributed by atoms with van der Waals surface area (Å²) in [6, 6.07) is 12.9. The van der Waals surface area contributed by atoms with E-state index in [0.717, 1.165) is 11.3 Å². The Bertz CT molecular complexity index is 945. The molecule has 7 nitrogen and oxygen atoms in total. The summed E-state index contributed by atoms with van der Waals surface area (Å²) in [6.07, 6.45) is 0. The Morgan fingerprint density at radius 1 is 1.26 bits per heavy atom. The molecule has 0 spiro atoms. The molecule has 0 saturated heterocycles. The Morgan fingerprint density at radius 3 is 2.67 bits per heavy atom. The fraction of sp³-hybridized carbons (Fsp3) is 0.222. The molecule has 0 saturated carbocycles. The zero-order chi connectivity index (χ0) is 19.4. The first kappa shape index (κ1) is 19.2. The van der Waals surface area contributed by atoms with Crippen molar-refractivity contribution in [3.8, 4) is 11.4 Å². The topological polar surface area (TPSA) is 81.9 Å². The molecule has 1 heterocycles. The van der Waals surface area contributed by atoms with Gasteiger partial charge in [0.15, 0.2) is 0 Å². The molecule has 3 aromatic rings. The van der Waals surface area contributed by atoms with Crippen LogP contribution in [0.4, 0.5) is 5.69 Å². The Kier molecular flexibility index (Phi) is 5.98. The minimum atomic E-state index is -0.416. The number of carbonyl (C=O) groups excluding carboxylic acids is 1. The third kappa shape index (κ3) is 4.58. The number of amides is 1. The van der Waals surface area contributed by atoms with Crippen LogP contribution in [0.2, 0.25) is 5.02 Å². The van der Waals surface area contributed by atoms with Crippen LogP contribution in [-0.2, 0) is 4.79 Å². The normalized spacial score (nSPS) is 11.9. The van der Waals surface area contributed by atoms with Crippen molar-refractivity contribution in [2.24, 2.45) is 0 Å². The lowest BCUT2D eigenvalue weighted by Gasteiger charge is -2.12. The monoisotopic (exact) mass is 403 g/mol. The van der Waals surface area contributed by atoms with Crippen LogP contribution in [0.15, 0.2) is 47.6 Å². The first-order chi connectivity index (χ1) is 13.0. The van der Waals surface area contributed by atoms with Gasteiger partial charge in [-0.15, -0.1) is 5.10 Å². The number of aromatic nitrogens is 4. The lowest BCUT2D eigenvalue weighted by molar-refractivity contribution is -0.115. The van der Waals surface area contributed by atoms with Gasteiger partial charge in [-0.05, 0) is 54.6 Å². The molecule has 0 aliphatic carbocycles. The second-order valence-corrected chi connectivity index (χ2v) is 7.52. The van der Waals surface area contributed by atoms with Gasteiger partial charge in [-0.2, -0.15) is 4.68 Å². The molecule has 3 rings (SSSR count). The van der Waals surface area contributed by atoms with E-state index in [4.69, 9.17) is 16.3 Å². The van der Waals surface area contributed by atoms with Crippen molar-refractivity contribution in [1.29, 1.82) is 0 Å². The van der Waals surface area contributed by atoms with Gasteiger partial charge in [-0.3, -0.25) is 4.79 Å². The molecule has 0 bridgehead atoms. The fourth-order valence-corrected chi connectivity index (χ4v) is 3.37. The quantitative estimate of drug-likeness (QED) is 0.631. The van der Waals surface area contributed by atoms with E-state index in [9.17, 15) is 4.79 Å². The van der Waals surface area contributed by atoms with Gasteiger partial charge in [0.2, 0.25) is 11.1 Å². The van der Waals surface area contributed by atoms with Crippen LogP contribution < -0.4 is 10.1 Å². The minimum Gasteiger partial charge on any atom is -0.495 e. The SMILES string of the molecule is COc1ccc(NC(=O)[C@H](C)Sc2nnnn2-c2ccc(C)cc2)cc1Cl. The molecule has 0 aliphatic rings. The number of nitrogens with one attached hydrogen (secondary N) is 1. The smallest absolute Gasteiger partial charge is 0.237 e. The predicted molar refractivity (Wildman–Crippen MR) is 106 cm³/mol. The fourth-order valence-electron chi connectivity index (χ4n) is 2.30. The van der Waals surface area contributed by atoms with Gasteiger partial charge < -0.3 is 10.1 Å². The average Bonchev–Trinajstić information content (AvgIpc) is 3.10. The Labute approximate surface area is 166 Å². The Balaban J connectivity index is 1.69. The average molecular weight is 404 g/mol. The number of ether oxygens (including phenoxy) is 1. The second kappa shape index (κ2) is 8.41. The molecule has 1 atom stereocenters. The third-order valence-corrected chi connectivity index (χ3v) is 5.12. The summed E-state index contributed by atoms with van der Waals surface area (Å²) >= 11 is 7.37. The van der Waals surface area contributed by atoms with E-state index in [1.54, 1.807) is 29.8 Å². The number of rotatable bonds is 6. The zero-order valence-electron chi connectivity index (χ0n) is 15.0. The van der Waals surface area contributed by atoms with Gasteiger partial charge in [-0.25, -0.2) is 0 Å². The molecule has 1 aromatic heterocycles.